The lowest BCUT2D eigenvalue weighted by molar-refractivity contribution is -0.131. The summed E-state index contributed by atoms with van der Waals surface area (Å²) in [5.74, 6) is -0.780. The van der Waals surface area contributed by atoms with Crippen LogP contribution < -0.4 is 0 Å². The van der Waals surface area contributed by atoms with Crippen molar-refractivity contribution >= 4 is 23.0 Å². The number of carbonyl (C=O) groups is 1. The van der Waals surface area contributed by atoms with E-state index in [-0.39, 0.29) is 5.82 Å². The number of likely N-dealkylation sites (N-methyl/N-ethyl adjacent to an activating group) is 1. The highest BCUT2D eigenvalue weighted by atomic mass is 19.1. The molecule has 0 saturated heterocycles. The van der Waals surface area contributed by atoms with Crippen LogP contribution in [-0.2, 0) is 17.8 Å². The lowest BCUT2D eigenvalue weighted by atomic mass is 10.0. The SMILES string of the molecule is CN1CCc2c(F)ccc3oc(/C=C/C(=O)O)c(c23)C1. The zero-order valence-corrected chi connectivity index (χ0v) is 11.0. The molecule has 2 aromatic rings. The van der Waals surface area contributed by atoms with E-state index in [2.05, 4.69) is 4.90 Å². The van der Waals surface area contributed by atoms with Gasteiger partial charge >= 0.3 is 5.97 Å². The van der Waals surface area contributed by atoms with Crippen LogP contribution in [0.5, 0.6) is 0 Å². The number of halogens is 1. The van der Waals surface area contributed by atoms with Crippen molar-refractivity contribution in [2.45, 2.75) is 13.0 Å². The van der Waals surface area contributed by atoms with Crippen LogP contribution in [0.2, 0.25) is 0 Å². The van der Waals surface area contributed by atoms with Gasteiger partial charge in [0.25, 0.3) is 0 Å². The number of hydrogen-bond donors (Lipinski definition) is 1. The molecule has 104 valence electrons. The molecule has 1 N–H and O–H groups in total. The minimum absolute atomic E-state index is 0.233. The van der Waals surface area contributed by atoms with Gasteiger partial charge in [-0.1, -0.05) is 0 Å². The Hall–Kier alpha value is -2.14. The molecule has 0 unspecified atom stereocenters. The van der Waals surface area contributed by atoms with E-state index in [4.69, 9.17) is 9.52 Å². The Bertz CT molecular complexity index is 717. The Morgan fingerprint density at radius 2 is 2.25 bits per heavy atom. The third kappa shape index (κ3) is 2.10. The molecular formula is C15H14FNO3. The Labute approximate surface area is 115 Å². The monoisotopic (exact) mass is 275 g/mol. The third-order valence-electron chi connectivity index (χ3n) is 3.59. The number of hydrogen-bond acceptors (Lipinski definition) is 3. The molecule has 5 heteroatoms. The summed E-state index contributed by atoms with van der Waals surface area (Å²) in [6.07, 6.45) is 3.09. The van der Waals surface area contributed by atoms with E-state index in [0.717, 1.165) is 23.6 Å². The van der Waals surface area contributed by atoms with Gasteiger partial charge in [0.2, 0.25) is 0 Å². The molecule has 3 rings (SSSR count). The molecule has 0 atom stereocenters. The molecule has 20 heavy (non-hydrogen) atoms. The van der Waals surface area contributed by atoms with Crippen molar-refractivity contribution in [2.24, 2.45) is 0 Å². The maximum Gasteiger partial charge on any atom is 0.328 e. The summed E-state index contributed by atoms with van der Waals surface area (Å²) in [6.45, 7) is 1.37. The first-order chi connectivity index (χ1) is 9.56. The largest absolute Gasteiger partial charge is 0.478 e. The fourth-order valence-corrected chi connectivity index (χ4v) is 2.65. The predicted octanol–water partition coefficient (Wildman–Crippen LogP) is 2.66. The van der Waals surface area contributed by atoms with Crippen molar-refractivity contribution in [3.63, 3.8) is 0 Å². The van der Waals surface area contributed by atoms with Gasteiger partial charge < -0.3 is 14.4 Å². The maximum absolute atomic E-state index is 14.0. The van der Waals surface area contributed by atoms with Gasteiger partial charge in [-0.05, 0) is 31.7 Å². The van der Waals surface area contributed by atoms with Crippen LogP contribution in [0.25, 0.3) is 17.0 Å². The second kappa shape index (κ2) is 4.76. The smallest absolute Gasteiger partial charge is 0.328 e. The van der Waals surface area contributed by atoms with Gasteiger partial charge in [0, 0.05) is 35.7 Å². The predicted molar refractivity (Wildman–Crippen MR) is 72.9 cm³/mol. The average molecular weight is 275 g/mol. The lowest BCUT2D eigenvalue weighted by Crippen LogP contribution is -2.18. The number of nitrogens with zero attached hydrogens (tertiary/aromatic N) is 1. The van der Waals surface area contributed by atoms with E-state index in [1.54, 1.807) is 6.07 Å². The molecule has 1 aliphatic heterocycles. The number of furan rings is 1. The standard InChI is InChI=1S/C15H14FNO3/c1-17-7-6-9-11(16)2-3-13-15(9)10(8-17)12(20-13)4-5-14(18)19/h2-5H,6-8H2,1H3,(H,18,19)/b5-4+. The summed E-state index contributed by atoms with van der Waals surface area (Å²) in [7, 11) is 1.95. The van der Waals surface area contributed by atoms with Crippen LogP contribution in [0, 0.1) is 5.82 Å². The number of rotatable bonds is 2. The van der Waals surface area contributed by atoms with Gasteiger partial charge in [-0.3, -0.25) is 0 Å². The van der Waals surface area contributed by atoms with Crippen molar-refractivity contribution in [1.82, 2.24) is 4.90 Å². The molecule has 2 heterocycles. The van der Waals surface area contributed by atoms with E-state index in [1.165, 1.54) is 12.1 Å². The van der Waals surface area contributed by atoms with E-state index in [9.17, 15) is 9.18 Å². The van der Waals surface area contributed by atoms with Crippen molar-refractivity contribution in [3.05, 3.63) is 40.9 Å². The highest BCUT2D eigenvalue weighted by Gasteiger charge is 2.22. The van der Waals surface area contributed by atoms with Gasteiger partial charge in [0.05, 0.1) is 0 Å². The van der Waals surface area contributed by atoms with Gasteiger partial charge in [-0.15, -0.1) is 0 Å². The van der Waals surface area contributed by atoms with Crippen LogP contribution in [0.1, 0.15) is 16.9 Å². The van der Waals surface area contributed by atoms with Crippen molar-refractivity contribution in [2.75, 3.05) is 13.6 Å². The van der Waals surface area contributed by atoms with Crippen LogP contribution in [0.3, 0.4) is 0 Å². The molecule has 0 aliphatic carbocycles. The van der Waals surface area contributed by atoms with Gasteiger partial charge in [-0.25, -0.2) is 9.18 Å². The second-order valence-electron chi connectivity index (χ2n) is 5.00. The normalized spacial score (nSPS) is 15.9. The fourth-order valence-electron chi connectivity index (χ4n) is 2.65. The molecule has 0 amide bonds. The van der Waals surface area contributed by atoms with Crippen molar-refractivity contribution in [3.8, 4) is 0 Å². The van der Waals surface area contributed by atoms with Crippen LogP contribution in [-0.4, -0.2) is 29.6 Å². The maximum atomic E-state index is 14.0. The highest BCUT2D eigenvalue weighted by molar-refractivity contribution is 5.91. The zero-order valence-electron chi connectivity index (χ0n) is 11.0. The van der Waals surface area contributed by atoms with E-state index in [0.29, 0.717) is 29.9 Å². The summed E-state index contributed by atoms with van der Waals surface area (Å²) >= 11 is 0. The quantitative estimate of drug-likeness (QED) is 0.856. The van der Waals surface area contributed by atoms with Gasteiger partial charge in [0.1, 0.15) is 17.2 Å². The molecule has 0 fully saturated rings. The summed E-state index contributed by atoms with van der Waals surface area (Å²) < 4.78 is 19.7. The van der Waals surface area contributed by atoms with E-state index >= 15 is 0 Å². The lowest BCUT2D eigenvalue weighted by Gasteiger charge is -2.12. The zero-order chi connectivity index (χ0) is 14.3. The molecule has 0 bridgehead atoms. The summed E-state index contributed by atoms with van der Waals surface area (Å²) in [6, 6.07) is 3.00. The number of carboxylic acid groups (broad SMARTS) is 1. The molecule has 0 saturated carbocycles. The minimum Gasteiger partial charge on any atom is -0.478 e. The summed E-state index contributed by atoms with van der Waals surface area (Å²) in [4.78, 5) is 12.7. The van der Waals surface area contributed by atoms with Crippen LogP contribution in [0.4, 0.5) is 4.39 Å². The van der Waals surface area contributed by atoms with Gasteiger partial charge in [0.15, 0.2) is 0 Å². The number of carboxylic acids is 1. The summed E-state index contributed by atoms with van der Waals surface area (Å²) in [5, 5.41) is 9.53. The first-order valence-electron chi connectivity index (χ1n) is 6.38. The van der Waals surface area contributed by atoms with Crippen LogP contribution >= 0.6 is 0 Å². The third-order valence-corrected chi connectivity index (χ3v) is 3.59. The molecule has 0 radical (unpaired) electrons. The number of benzene rings is 1. The molecule has 1 aliphatic rings. The van der Waals surface area contributed by atoms with Crippen molar-refractivity contribution < 1.29 is 18.7 Å². The molecule has 1 aromatic carbocycles. The second-order valence-corrected chi connectivity index (χ2v) is 5.00. The van der Waals surface area contributed by atoms with Crippen molar-refractivity contribution in [1.29, 1.82) is 0 Å². The Morgan fingerprint density at radius 1 is 1.45 bits per heavy atom. The highest BCUT2D eigenvalue weighted by Crippen LogP contribution is 2.34. The average Bonchev–Trinajstić information content (AvgIpc) is 2.62. The molecular weight excluding hydrogens is 261 g/mol. The first kappa shape index (κ1) is 12.9. The number of aliphatic carboxylic acids is 1. The van der Waals surface area contributed by atoms with E-state index in [1.807, 2.05) is 7.05 Å². The van der Waals surface area contributed by atoms with E-state index < -0.39 is 5.97 Å². The Kier molecular flexibility index (Phi) is 3.06. The van der Waals surface area contributed by atoms with Gasteiger partial charge in [-0.2, -0.15) is 0 Å². The fraction of sp³-hybridized carbons (Fsp3) is 0.267. The Balaban J connectivity index is 2.25. The molecule has 4 nitrogen and oxygen atoms in total. The molecule has 0 spiro atoms. The van der Waals surface area contributed by atoms with Crippen LogP contribution in [0.15, 0.2) is 22.6 Å². The first-order valence-corrected chi connectivity index (χ1v) is 6.38. The topological polar surface area (TPSA) is 53.7 Å². The minimum atomic E-state index is -1.04. The summed E-state index contributed by atoms with van der Waals surface area (Å²) in [5.41, 5.74) is 2.12. The molecule has 1 aromatic heterocycles. The Morgan fingerprint density at radius 3 is 3.00 bits per heavy atom.